The third-order valence-corrected chi connectivity index (χ3v) is 7.64. The number of para-hydroxylation sites is 2. The van der Waals surface area contributed by atoms with E-state index in [0.717, 1.165) is 27.9 Å². The summed E-state index contributed by atoms with van der Waals surface area (Å²) in [5.74, 6) is 0. The van der Waals surface area contributed by atoms with Gasteiger partial charge in [-0.2, -0.15) is 24.3 Å². The molecule has 3 aliphatic heterocycles. The number of benzene rings is 4. The molecule has 4 aromatic carbocycles. The zero-order valence-corrected chi connectivity index (χ0v) is 22.7. The van der Waals surface area contributed by atoms with Gasteiger partial charge in [0.2, 0.25) is 0 Å². The first-order valence-electron chi connectivity index (χ1n) is 12.8. The molecular weight excluding hydrogens is 570 g/mol. The molecule has 6 heteroatoms. The summed E-state index contributed by atoms with van der Waals surface area (Å²) in [4.78, 5) is 11.3. The fourth-order valence-corrected chi connectivity index (χ4v) is 5.96. The zero-order valence-electron chi connectivity index (χ0n) is 21.2. The van der Waals surface area contributed by atoms with Gasteiger partial charge in [-0.3, -0.25) is 0 Å². The summed E-state index contributed by atoms with van der Waals surface area (Å²) in [7, 11) is 2.04. The van der Waals surface area contributed by atoms with Gasteiger partial charge in [0.05, 0.1) is 0 Å². The van der Waals surface area contributed by atoms with Gasteiger partial charge >= 0.3 is 0 Å². The van der Waals surface area contributed by atoms with Crippen molar-refractivity contribution < 1.29 is 20.4 Å². The zero-order chi connectivity index (χ0) is 25.2. The van der Waals surface area contributed by atoms with E-state index in [9.17, 15) is 0 Å². The molecule has 4 nitrogen and oxygen atoms in total. The second-order valence-electron chi connectivity index (χ2n) is 9.88. The number of fused-ring (bicyclic) bond motifs is 11. The number of aromatic nitrogens is 1. The summed E-state index contributed by atoms with van der Waals surface area (Å²) in [5.41, 5.74) is 12.5. The van der Waals surface area contributed by atoms with E-state index in [2.05, 4.69) is 112 Å². The van der Waals surface area contributed by atoms with Crippen LogP contribution in [0.1, 0.15) is 0 Å². The molecule has 0 amide bonds. The normalized spacial score (nSPS) is 14.2. The molecule has 8 rings (SSSR count). The second-order valence-corrected chi connectivity index (χ2v) is 9.88. The van der Waals surface area contributed by atoms with Crippen molar-refractivity contribution in [2.75, 3.05) is 16.8 Å². The van der Waals surface area contributed by atoms with Gasteiger partial charge in [0.25, 0.3) is 6.85 Å². The molecule has 0 saturated carbocycles. The molecule has 0 aliphatic carbocycles. The smallest absolute Gasteiger partial charge is 0.285 e. The van der Waals surface area contributed by atoms with Gasteiger partial charge < -0.3 is 19.6 Å². The monoisotopic (exact) mass is 591 g/mol. The number of pyridine rings is 1. The predicted octanol–water partition coefficient (Wildman–Crippen LogP) is 5.59. The summed E-state index contributed by atoms with van der Waals surface area (Å²) < 4.78 is 0. The Morgan fingerprint density at radius 3 is 2.03 bits per heavy atom. The van der Waals surface area contributed by atoms with E-state index >= 15 is 0 Å². The predicted molar refractivity (Wildman–Crippen MR) is 156 cm³/mol. The van der Waals surface area contributed by atoms with Crippen LogP contribution in [0.4, 0.5) is 17.1 Å². The van der Waals surface area contributed by atoms with E-state index < -0.39 is 0 Å². The van der Waals surface area contributed by atoms with Crippen molar-refractivity contribution in [2.45, 2.75) is 0 Å². The molecule has 4 heterocycles. The van der Waals surface area contributed by atoms with Crippen LogP contribution in [0.2, 0.25) is 0 Å². The van der Waals surface area contributed by atoms with E-state index in [1.807, 2.05) is 42.5 Å². The molecule has 3 aliphatic rings. The van der Waals surface area contributed by atoms with Crippen LogP contribution in [0, 0.1) is 18.8 Å². The van der Waals surface area contributed by atoms with Crippen LogP contribution in [0.5, 0.6) is 0 Å². The van der Waals surface area contributed by atoms with Crippen molar-refractivity contribution in [3.63, 3.8) is 0 Å². The van der Waals surface area contributed by atoms with Gasteiger partial charge in [0, 0.05) is 38.0 Å². The Morgan fingerprint density at radius 2 is 1.36 bits per heavy atom. The summed E-state index contributed by atoms with van der Waals surface area (Å²) in [6.07, 6.45) is 5.96. The molecule has 0 saturated heterocycles. The largest absolute Gasteiger partial charge is 0.510 e. The van der Waals surface area contributed by atoms with Crippen LogP contribution in [0.3, 0.4) is 0 Å². The van der Waals surface area contributed by atoms with Gasteiger partial charge in [0.15, 0.2) is 0 Å². The first-order valence-corrected chi connectivity index (χ1v) is 12.8. The van der Waals surface area contributed by atoms with Crippen molar-refractivity contribution in [1.82, 2.24) is 9.88 Å². The van der Waals surface area contributed by atoms with Crippen LogP contribution in [-0.2, 0) is 20.4 Å². The molecule has 0 fully saturated rings. The second kappa shape index (κ2) is 9.27. The Kier molecular flexibility index (Phi) is 5.70. The van der Waals surface area contributed by atoms with Gasteiger partial charge in [-0.1, -0.05) is 54.1 Å². The van der Waals surface area contributed by atoms with Gasteiger partial charge in [-0.05, 0) is 48.9 Å². The maximum absolute atomic E-state index is 4.62. The fourth-order valence-electron chi connectivity index (χ4n) is 5.96. The Morgan fingerprint density at radius 1 is 0.692 bits per heavy atom. The topological polar surface area (TPSA) is 22.6 Å². The Bertz CT molecular complexity index is 1750. The third kappa shape index (κ3) is 3.67. The molecule has 39 heavy (non-hydrogen) atoms. The number of nitrogens with zero attached hydrogens (tertiary/aromatic N) is 4. The van der Waals surface area contributed by atoms with Gasteiger partial charge in [-0.15, -0.1) is 52.1 Å². The molecule has 1 aromatic heterocycles. The third-order valence-electron chi connectivity index (χ3n) is 7.64. The van der Waals surface area contributed by atoms with Crippen molar-refractivity contribution in [2.24, 2.45) is 0 Å². The molecule has 0 N–H and O–H groups in total. The first kappa shape index (κ1) is 24.0. The number of hydrogen-bond acceptors (Lipinski definition) is 4. The minimum absolute atomic E-state index is 0. The van der Waals surface area contributed by atoms with Crippen molar-refractivity contribution >= 4 is 34.8 Å². The van der Waals surface area contributed by atoms with Crippen LogP contribution in [0.25, 0.3) is 33.5 Å². The van der Waals surface area contributed by atoms with Crippen LogP contribution >= 0.6 is 0 Å². The molecular formula is C33H22BN4Pd-3. The van der Waals surface area contributed by atoms with Crippen LogP contribution in [0.15, 0.2) is 110 Å². The average molecular weight is 592 g/mol. The molecule has 190 valence electrons. The summed E-state index contributed by atoms with van der Waals surface area (Å²) in [6.45, 7) is 2.00. The van der Waals surface area contributed by atoms with E-state index in [1.165, 1.54) is 33.6 Å². The molecule has 0 bridgehead atoms. The van der Waals surface area contributed by atoms with Crippen molar-refractivity contribution in [3.05, 3.63) is 128 Å². The SMILES string of the molecule is CN1C=CN(c2[c-]c3c(cc2)-c2ccccc2N2B3c3[c-]c(-c4ccccn4)ccc3-c3ccccc32)[CH-]1.[Pd]. The van der Waals surface area contributed by atoms with E-state index in [0.29, 0.717) is 0 Å². The average Bonchev–Trinajstić information content (AvgIpc) is 3.43. The minimum Gasteiger partial charge on any atom is -0.510 e. The van der Waals surface area contributed by atoms with Crippen LogP contribution in [-0.4, -0.2) is 23.8 Å². The maximum atomic E-state index is 4.62. The minimum atomic E-state index is -0.0716. The van der Waals surface area contributed by atoms with Crippen molar-refractivity contribution in [3.8, 4) is 33.5 Å². The molecule has 0 unspecified atom stereocenters. The Hall–Kier alpha value is -4.10. The van der Waals surface area contributed by atoms with E-state index in [4.69, 9.17) is 0 Å². The Labute approximate surface area is 243 Å². The molecule has 0 spiro atoms. The quantitative estimate of drug-likeness (QED) is 0.197. The fraction of sp³-hybridized carbons (Fsp3) is 0.0303. The van der Waals surface area contributed by atoms with Crippen LogP contribution < -0.4 is 20.6 Å². The Balaban J connectivity index is 0.00000253. The maximum Gasteiger partial charge on any atom is 0.285 e. The summed E-state index contributed by atoms with van der Waals surface area (Å²) in [5, 5.41) is 0. The molecule has 0 atom stereocenters. The molecule has 0 radical (unpaired) electrons. The first-order chi connectivity index (χ1) is 18.8. The summed E-state index contributed by atoms with van der Waals surface area (Å²) >= 11 is 0. The number of hydrogen-bond donors (Lipinski definition) is 0. The number of anilines is 3. The molecule has 5 aromatic rings. The summed E-state index contributed by atoms with van der Waals surface area (Å²) in [6, 6.07) is 39.9. The standard InChI is InChI=1S/C33H22BN4.Pd/c1-36-18-19-37(22-36)24-14-16-26-28-9-3-5-12-33(28)38-32-11-4-2-8-27(32)25-15-13-23(31-10-6-7-17-35-31)20-29(25)34(38)30(26)21-24;/h2-19,22H,1H3;/q-3;. The van der Waals surface area contributed by atoms with Crippen molar-refractivity contribution in [1.29, 1.82) is 0 Å². The van der Waals surface area contributed by atoms with Gasteiger partial charge in [0.1, 0.15) is 0 Å². The van der Waals surface area contributed by atoms with Gasteiger partial charge in [-0.25, -0.2) is 0 Å². The number of rotatable bonds is 2. The van der Waals surface area contributed by atoms with E-state index in [1.54, 1.807) is 0 Å². The van der Waals surface area contributed by atoms with E-state index in [-0.39, 0.29) is 27.3 Å².